The molecule has 2 nitrogen and oxygen atoms in total. The molecule has 1 rings (SSSR count). The van der Waals surface area contributed by atoms with Gasteiger partial charge >= 0.3 is 6.18 Å². The van der Waals surface area contributed by atoms with Gasteiger partial charge in [-0.2, -0.15) is 13.2 Å². The lowest BCUT2D eigenvalue weighted by atomic mass is 10.1. The summed E-state index contributed by atoms with van der Waals surface area (Å²) in [7, 11) is 1.90. The van der Waals surface area contributed by atoms with E-state index in [4.69, 9.17) is 0 Å². The zero-order valence-corrected chi connectivity index (χ0v) is 12.1. The van der Waals surface area contributed by atoms with E-state index >= 15 is 0 Å². The number of halogens is 3. The summed E-state index contributed by atoms with van der Waals surface area (Å²) in [5.74, 6) is 0. The lowest BCUT2D eigenvalue weighted by Gasteiger charge is -2.23. The Morgan fingerprint density at radius 2 is 1.70 bits per heavy atom. The van der Waals surface area contributed by atoms with Crippen molar-refractivity contribution in [2.45, 2.75) is 32.5 Å². The molecule has 0 aliphatic heterocycles. The molecule has 0 spiro atoms. The maximum atomic E-state index is 12.5. The van der Waals surface area contributed by atoms with Crippen molar-refractivity contribution in [2.75, 3.05) is 26.7 Å². The highest BCUT2D eigenvalue weighted by Gasteiger charge is 2.30. The molecule has 0 unspecified atom stereocenters. The Morgan fingerprint density at radius 3 is 2.20 bits per heavy atom. The van der Waals surface area contributed by atoms with Crippen LogP contribution in [0.2, 0.25) is 0 Å². The van der Waals surface area contributed by atoms with Crippen LogP contribution in [0.4, 0.5) is 13.2 Å². The van der Waals surface area contributed by atoms with Crippen molar-refractivity contribution in [3.63, 3.8) is 0 Å². The van der Waals surface area contributed by atoms with E-state index in [1.165, 1.54) is 10.5 Å². The molecule has 0 radical (unpaired) electrons. The van der Waals surface area contributed by atoms with Crippen LogP contribution in [0.1, 0.15) is 24.5 Å². The van der Waals surface area contributed by atoms with Crippen molar-refractivity contribution in [3.05, 3.63) is 35.4 Å². The predicted molar refractivity (Wildman–Crippen MR) is 75.7 cm³/mol. The van der Waals surface area contributed by atoms with Gasteiger partial charge in [0.1, 0.15) is 0 Å². The fraction of sp³-hybridized carbons (Fsp3) is 0.600. The highest BCUT2D eigenvalue weighted by molar-refractivity contribution is 5.22. The van der Waals surface area contributed by atoms with Crippen molar-refractivity contribution in [1.82, 2.24) is 10.2 Å². The van der Waals surface area contributed by atoms with E-state index in [0.717, 1.165) is 24.9 Å². The average Bonchev–Trinajstić information content (AvgIpc) is 2.36. The molecule has 0 aliphatic rings. The lowest BCUT2D eigenvalue weighted by Crippen LogP contribution is -2.34. The van der Waals surface area contributed by atoms with Gasteiger partial charge in [-0.05, 0) is 44.1 Å². The van der Waals surface area contributed by atoms with Crippen molar-refractivity contribution in [1.29, 1.82) is 0 Å². The van der Waals surface area contributed by atoms with E-state index in [1.54, 1.807) is 0 Å². The molecule has 0 atom stereocenters. The minimum Gasteiger partial charge on any atom is -0.319 e. The molecule has 20 heavy (non-hydrogen) atoms. The van der Waals surface area contributed by atoms with Gasteiger partial charge in [0.05, 0.1) is 6.54 Å². The fourth-order valence-corrected chi connectivity index (χ4v) is 2.12. The number of nitrogens with zero attached hydrogens (tertiary/aromatic N) is 1. The maximum Gasteiger partial charge on any atom is 0.401 e. The van der Waals surface area contributed by atoms with Gasteiger partial charge in [0, 0.05) is 6.54 Å². The smallest absolute Gasteiger partial charge is 0.319 e. The molecule has 0 fully saturated rings. The summed E-state index contributed by atoms with van der Waals surface area (Å²) in [5.41, 5.74) is 2.12. The Morgan fingerprint density at radius 1 is 1.10 bits per heavy atom. The summed E-state index contributed by atoms with van der Waals surface area (Å²) >= 11 is 0. The standard InChI is InChI=1S/C15H23F3N2/c1-3-10-20(12-15(16,17)18)11-14-6-4-13(5-7-14)8-9-19-2/h4-7,19H,3,8-12H2,1-2H3. The summed E-state index contributed by atoms with van der Waals surface area (Å²) in [6.07, 6.45) is -2.49. The molecule has 1 N–H and O–H groups in total. The lowest BCUT2D eigenvalue weighted by molar-refractivity contribution is -0.147. The number of hydrogen-bond acceptors (Lipinski definition) is 2. The molecule has 0 aliphatic carbocycles. The monoisotopic (exact) mass is 288 g/mol. The molecule has 1 aromatic rings. The zero-order valence-electron chi connectivity index (χ0n) is 12.1. The van der Waals surface area contributed by atoms with Crippen molar-refractivity contribution in [3.8, 4) is 0 Å². The molecule has 114 valence electrons. The Hall–Kier alpha value is -1.07. The van der Waals surface area contributed by atoms with Crippen LogP contribution in [0.15, 0.2) is 24.3 Å². The summed E-state index contributed by atoms with van der Waals surface area (Å²) in [6.45, 7) is 2.75. The van der Waals surface area contributed by atoms with Gasteiger partial charge < -0.3 is 5.32 Å². The minimum absolute atomic E-state index is 0.347. The first-order valence-electron chi connectivity index (χ1n) is 6.96. The number of hydrogen-bond donors (Lipinski definition) is 1. The van der Waals surface area contributed by atoms with E-state index in [9.17, 15) is 13.2 Å². The van der Waals surface area contributed by atoms with Crippen LogP contribution >= 0.6 is 0 Å². The number of alkyl halides is 3. The van der Waals surface area contributed by atoms with Gasteiger partial charge in [0.15, 0.2) is 0 Å². The molecule has 0 saturated heterocycles. The molecule has 0 saturated carbocycles. The number of rotatable bonds is 8. The number of nitrogens with one attached hydrogen (secondary N) is 1. The summed E-state index contributed by atoms with van der Waals surface area (Å²) in [6, 6.07) is 7.82. The second-order valence-corrected chi connectivity index (χ2v) is 5.00. The third-order valence-electron chi connectivity index (χ3n) is 3.04. The van der Waals surface area contributed by atoms with Crippen LogP contribution in [0.25, 0.3) is 0 Å². The van der Waals surface area contributed by atoms with Crippen LogP contribution in [-0.2, 0) is 13.0 Å². The van der Waals surface area contributed by atoms with Gasteiger partial charge in [-0.1, -0.05) is 31.2 Å². The SMILES string of the molecule is CCCN(Cc1ccc(CCNC)cc1)CC(F)(F)F. The van der Waals surface area contributed by atoms with Gasteiger partial charge in [-0.15, -0.1) is 0 Å². The number of benzene rings is 1. The van der Waals surface area contributed by atoms with Crippen molar-refractivity contribution in [2.24, 2.45) is 0 Å². The first kappa shape index (κ1) is 17.0. The van der Waals surface area contributed by atoms with Crippen LogP contribution < -0.4 is 5.32 Å². The molecule has 0 heterocycles. The first-order valence-corrected chi connectivity index (χ1v) is 6.96. The van der Waals surface area contributed by atoms with Gasteiger partial charge in [-0.3, -0.25) is 4.90 Å². The molecule has 0 bridgehead atoms. The first-order chi connectivity index (χ1) is 9.44. The van der Waals surface area contributed by atoms with Crippen LogP contribution in [-0.4, -0.2) is 37.8 Å². The summed E-state index contributed by atoms with van der Waals surface area (Å²) in [4.78, 5) is 1.45. The van der Waals surface area contributed by atoms with E-state index in [1.807, 2.05) is 38.2 Å². The molecule has 1 aromatic carbocycles. The Balaban J connectivity index is 2.59. The predicted octanol–water partition coefficient (Wildman–Crippen LogP) is 3.22. The van der Waals surface area contributed by atoms with Crippen molar-refractivity contribution < 1.29 is 13.2 Å². The third-order valence-corrected chi connectivity index (χ3v) is 3.04. The summed E-state index contributed by atoms with van der Waals surface area (Å²) < 4.78 is 37.5. The van der Waals surface area contributed by atoms with Gasteiger partial charge in [-0.25, -0.2) is 0 Å². The zero-order chi connectivity index (χ0) is 15.0. The Bertz CT molecular complexity index is 374. The van der Waals surface area contributed by atoms with Crippen molar-refractivity contribution >= 4 is 0 Å². The van der Waals surface area contributed by atoms with Crippen LogP contribution in [0.3, 0.4) is 0 Å². The molecule has 5 heteroatoms. The van der Waals surface area contributed by atoms with E-state index in [0.29, 0.717) is 13.1 Å². The topological polar surface area (TPSA) is 15.3 Å². The van der Waals surface area contributed by atoms with Crippen LogP contribution in [0, 0.1) is 0 Å². The number of likely N-dealkylation sites (N-methyl/N-ethyl adjacent to an activating group) is 1. The van der Waals surface area contributed by atoms with Gasteiger partial charge in [0.2, 0.25) is 0 Å². The normalized spacial score (nSPS) is 12.1. The molecule has 0 aromatic heterocycles. The second kappa shape index (κ2) is 8.27. The third kappa shape index (κ3) is 6.91. The summed E-state index contributed by atoms with van der Waals surface area (Å²) in [5, 5.41) is 3.07. The molecular weight excluding hydrogens is 265 g/mol. The minimum atomic E-state index is -4.14. The maximum absolute atomic E-state index is 12.5. The Labute approximate surface area is 119 Å². The molecular formula is C15H23F3N2. The average molecular weight is 288 g/mol. The second-order valence-electron chi connectivity index (χ2n) is 5.00. The van der Waals surface area contributed by atoms with E-state index in [2.05, 4.69) is 5.32 Å². The quantitative estimate of drug-likeness (QED) is 0.790. The van der Waals surface area contributed by atoms with E-state index < -0.39 is 12.7 Å². The highest BCUT2D eigenvalue weighted by Crippen LogP contribution is 2.18. The fourth-order valence-electron chi connectivity index (χ4n) is 2.12. The molecule has 0 amide bonds. The van der Waals surface area contributed by atoms with E-state index in [-0.39, 0.29) is 0 Å². The van der Waals surface area contributed by atoms with Crippen LogP contribution in [0.5, 0.6) is 0 Å². The largest absolute Gasteiger partial charge is 0.401 e. The Kier molecular flexibility index (Phi) is 7.02. The van der Waals surface area contributed by atoms with Gasteiger partial charge in [0.25, 0.3) is 0 Å². The highest BCUT2D eigenvalue weighted by atomic mass is 19.4.